The molecule has 0 saturated carbocycles. The number of β-amino-alcohol motifs (C(OH)–C–C–N with tert-alkyl or cyclic N) is 1. The lowest BCUT2D eigenvalue weighted by Crippen LogP contribution is -2.53. The molecule has 4 nitrogen and oxygen atoms in total. The van der Waals surface area contributed by atoms with Crippen molar-refractivity contribution in [3.63, 3.8) is 0 Å². The van der Waals surface area contributed by atoms with Crippen LogP contribution in [-0.4, -0.2) is 34.3 Å². The second-order valence-corrected chi connectivity index (χ2v) is 7.71. The van der Waals surface area contributed by atoms with Crippen LogP contribution in [0.4, 0.5) is 0 Å². The summed E-state index contributed by atoms with van der Waals surface area (Å²) in [5, 5.41) is 21.9. The first-order valence-electron chi connectivity index (χ1n) is 10.1. The maximum Gasteiger partial charge on any atom is 0.119 e. The predicted octanol–water partition coefficient (Wildman–Crippen LogP) is 3.72. The third-order valence-electron chi connectivity index (χ3n) is 5.64. The Morgan fingerprint density at radius 1 is 0.862 bits per heavy atom. The average molecular weight is 389 g/mol. The van der Waals surface area contributed by atoms with Crippen molar-refractivity contribution >= 4 is 0 Å². The predicted molar refractivity (Wildman–Crippen MR) is 113 cm³/mol. The van der Waals surface area contributed by atoms with Crippen LogP contribution in [0.15, 0.2) is 84.9 Å². The average Bonchev–Trinajstić information content (AvgIpc) is 2.77. The van der Waals surface area contributed by atoms with Crippen LogP contribution < -0.4 is 4.74 Å². The highest BCUT2D eigenvalue weighted by Crippen LogP contribution is 2.34. The van der Waals surface area contributed by atoms with Crippen molar-refractivity contribution in [3.05, 3.63) is 102 Å². The van der Waals surface area contributed by atoms with Crippen molar-refractivity contribution in [3.8, 4) is 5.75 Å². The van der Waals surface area contributed by atoms with Crippen LogP contribution in [0.25, 0.3) is 0 Å². The van der Waals surface area contributed by atoms with Gasteiger partial charge in [-0.25, -0.2) is 0 Å². The summed E-state index contributed by atoms with van der Waals surface area (Å²) in [6.45, 7) is 2.45. The van der Waals surface area contributed by atoms with E-state index in [1.807, 2.05) is 72.8 Å². The standard InChI is InChI=1S/C25H27NO3/c27-24-18-26(17-20-7-3-1-4-8-20)16-15-25(24,28)22-11-13-23(14-12-22)29-19-21-9-5-2-6-10-21/h1-14,24,27-28H,15-19H2. The van der Waals surface area contributed by atoms with Gasteiger partial charge in [0.05, 0.1) is 6.10 Å². The van der Waals surface area contributed by atoms with Crippen molar-refractivity contribution in [1.82, 2.24) is 4.90 Å². The third kappa shape index (κ3) is 4.67. The first kappa shape index (κ1) is 19.6. The Morgan fingerprint density at radius 2 is 1.48 bits per heavy atom. The Hall–Kier alpha value is -2.66. The molecule has 150 valence electrons. The van der Waals surface area contributed by atoms with E-state index < -0.39 is 11.7 Å². The molecule has 4 rings (SSSR count). The number of ether oxygens (including phenoxy) is 1. The van der Waals surface area contributed by atoms with Gasteiger partial charge >= 0.3 is 0 Å². The van der Waals surface area contributed by atoms with E-state index in [1.165, 1.54) is 5.56 Å². The molecule has 0 bridgehead atoms. The SMILES string of the molecule is OC1CN(Cc2ccccc2)CCC1(O)c1ccc(OCc2ccccc2)cc1. The number of hydrogen-bond donors (Lipinski definition) is 2. The van der Waals surface area contributed by atoms with E-state index in [9.17, 15) is 10.2 Å². The smallest absolute Gasteiger partial charge is 0.119 e. The van der Waals surface area contributed by atoms with Crippen LogP contribution >= 0.6 is 0 Å². The summed E-state index contributed by atoms with van der Waals surface area (Å²) >= 11 is 0. The molecule has 29 heavy (non-hydrogen) atoms. The molecule has 0 aromatic heterocycles. The monoisotopic (exact) mass is 389 g/mol. The molecule has 3 aromatic rings. The van der Waals surface area contributed by atoms with E-state index in [0.29, 0.717) is 19.6 Å². The van der Waals surface area contributed by atoms with Gasteiger partial charge in [-0.3, -0.25) is 4.90 Å². The minimum absolute atomic E-state index is 0.442. The van der Waals surface area contributed by atoms with Gasteiger partial charge in [0.2, 0.25) is 0 Å². The number of benzene rings is 3. The number of rotatable bonds is 6. The summed E-state index contributed by atoms with van der Waals surface area (Å²) in [5.74, 6) is 0.747. The topological polar surface area (TPSA) is 52.9 Å². The van der Waals surface area contributed by atoms with Crippen molar-refractivity contribution < 1.29 is 14.9 Å². The van der Waals surface area contributed by atoms with Crippen molar-refractivity contribution in [2.24, 2.45) is 0 Å². The summed E-state index contributed by atoms with van der Waals surface area (Å²) in [7, 11) is 0. The summed E-state index contributed by atoms with van der Waals surface area (Å²) in [6, 6.07) is 27.7. The van der Waals surface area contributed by atoms with Crippen molar-refractivity contribution in [1.29, 1.82) is 0 Å². The highest BCUT2D eigenvalue weighted by Gasteiger charge is 2.41. The van der Waals surface area contributed by atoms with Gasteiger partial charge in [-0.1, -0.05) is 72.8 Å². The van der Waals surface area contributed by atoms with Crippen molar-refractivity contribution in [2.75, 3.05) is 13.1 Å². The van der Waals surface area contributed by atoms with Gasteiger partial charge in [0, 0.05) is 19.6 Å². The van der Waals surface area contributed by atoms with Crippen LogP contribution in [0.3, 0.4) is 0 Å². The molecular formula is C25H27NO3. The molecule has 1 fully saturated rings. The Labute approximate surface area is 172 Å². The first-order valence-corrected chi connectivity index (χ1v) is 10.1. The molecule has 1 aliphatic heterocycles. The molecule has 1 heterocycles. The molecule has 0 aliphatic carbocycles. The summed E-state index contributed by atoms with van der Waals surface area (Å²) in [5.41, 5.74) is 1.82. The lowest BCUT2D eigenvalue weighted by atomic mass is 9.82. The first-order chi connectivity index (χ1) is 14.1. The van der Waals surface area contributed by atoms with E-state index in [0.717, 1.165) is 30.0 Å². The Bertz CT molecular complexity index is 898. The van der Waals surface area contributed by atoms with Gasteiger partial charge in [0.15, 0.2) is 0 Å². The lowest BCUT2D eigenvalue weighted by molar-refractivity contribution is -0.126. The van der Waals surface area contributed by atoms with Gasteiger partial charge in [-0.2, -0.15) is 0 Å². The number of aliphatic hydroxyl groups is 2. The van der Waals surface area contributed by atoms with Crippen LogP contribution in [0, 0.1) is 0 Å². The number of nitrogens with zero attached hydrogens (tertiary/aromatic N) is 1. The zero-order chi connectivity index (χ0) is 20.1. The van der Waals surface area contributed by atoms with Crippen LogP contribution in [0.1, 0.15) is 23.1 Å². The molecule has 2 N–H and O–H groups in total. The van der Waals surface area contributed by atoms with Gasteiger partial charge in [0.25, 0.3) is 0 Å². The van der Waals surface area contributed by atoms with Gasteiger partial charge in [-0.15, -0.1) is 0 Å². The van der Waals surface area contributed by atoms with E-state index in [4.69, 9.17) is 4.74 Å². The third-order valence-corrected chi connectivity index (χ3v) is 5.64. The Morgan fingerprint density at radius 3 is 2.10 bits per heavy atom. The molecule has 1 saturated heterocycles. The normalized spacial score (nSPS) is 22.3. The fourth-order valence-corrected chi connectivity index (χ4v) is 3.88. The van der Waals surface area contributed by atoms with E-state index >= 15 is 0 Å². The van der Waals surface area contributed by atoms with Crippen LogP contribution in [-0.2, 0) is 18.8 Å². The van der Waals surface area contributed by atoms with E-state index in [2.05, 4.69) is 17.0 Å². The molecule has 0 radical (unpaired) electrons. The highest BCUT2D eigenvalue weighted by atomic mass is 16.5. The van der Waals surface area contributed by atoms with Crippen LogP contribution in [0.5, 0.6) is 5.75 Å². The van der Waals surface area contributed by atoms with Gasteiger partial charge in [-0.05, 0) is 35.2 Å². The van der Waals surface area contributed by atoms with E-state index in [1.54, 1.807) is 0 Å². The second kappa shape index (κ2) is 8.78. The second-order valence-electron chi connectivity index (χ2n) is 7.71. The number of piperidine rings is 1. The molecule has 1 aliphatic rings. The van der Waals surface area contributed by atoms with Crippen molar-refractivity contribution in [2.45, 2.75) is 31.3 Å². The molecule has 2 atom stereocenters. The summed E-state index contributed by atoms with van der Waals surface area (Å²) < 4.78 is 5.83. The molecule has 0 spiro atoms. The van der Waals surface area contributed by atoms with Gasteiger partial charge < -0.3 is 14.9 Å². The summed E-state index contributed by atoms with van der Waals surface area (Å²) in [6.07, 6.45) is -0.346. The molecule has 3 aromatic carbocycles. The van der Waals surface area contributed by atoms with Gasteiger partial charge in [0.1, 0.15) is 18.0 Å². The zero-order valence-corrected chi connectivity index (χ0v) is 16.4. The number of aliphatic hydroxyl groups excluding tert-OH is 1. The highest BCUT2D eigenvalue weighted by molar-refractivity contribution is 5.32. The minimum atomic E-state index is -1.23. The maximum absolute atomic E-state index is 11.2. The lowest BCUT2D eigenvalue weighted by Gasteiger charge is -2.42. The van der Waals surface area contributed by atoms with E-state index in [-0.39, 0.29) is 0 Å². The fraction of sp³-hybridized carbons (Fsp3) is 0.280. The largest absolute Gasteiger partial charge is 0.489 e. The zero-order valence-electron chi connectivity index (χ0n) is 16.4. The quantitative estimate of drug-likeness (QED) is 0.675. The minimum Gasteiger partial charge on any atom is -0.489 e. The number of hydrogen-bond acceptors (Lipinski definition) is 4. The molecule has 4 heteroatoms. The summed E-state index contributed by atoms with van der Waals surface area (Å²) in [4.78, 5) is 2.19. The molecule has 0 amide bonds. The van der Waals surface area contributed by atoms with Crippen LogP contribution in [0.2, 0.25) is 0 Å². The maximum atomic E-state index is 11.2. The fourth-order valence-electron chi connectivity index (χ4n) is 3.88. The molecule has 2 unspecified atom stereocenters. The Balaban J connectivity index is 1.37. The number of likely N-dealkylation sites (tertiary alicyclic amines) is 1. The molecular weight excluding hydrogens is 362 g/mol. The Kier molecular flexibility index (Phi) is 5.95.